The van der Waals surface area contributed by atoms with Crippen LogP contribution in [0, 0.1) is 0 Å². The van der Waals surface area contributed by atoms with Crippen molar-refractivity contribution >= 4 is 11.8 Å². The zero-order valence-electron chi connectivity index (χ0n) is 16.6. The number of likely N-dealkylation sites (N-methyl/N-ethyl adjacent to an activating group) is 1. The number of aromatic hydroxyl groups is 1. The lowest BCUT2D eigenvalue weighted by Crippen LogP contribution is -2.41. The summed E-state index contributed by atoms with van der Waals surface area (Å²) in [6.45, 7) is 2.05. The lowest BCUT2D eigenvalue weighted by Gasteiger charge is -2.32. The highest BCUT2D eigenvalue weighted by Gasteiger charge is 2.24. The molecule has 0 spiro atoms. The molecule has 0 bridgehead atoms. The maximum Gasteiger partial charge on any atom is 0.253 e. The van der Waals surface area contributed by atoms with Crippen molar-refractivity contribution < 1.29 is 19.4 Å². The monoisotopic (exact) mass is 397 g/mol. The minimum atomic E-state index is -0.365. The van der Waals surface area contributed by atoms with E-state index in [1.165, 1.54) is 0 Å². The summed E-state index contributed by atoms with van der Waals surface area (Å²) < 4.78 is 5.91. The van der Waals surface area contributed by atoms with E-state index in [0.29, 0.717) is 30.9 Å². The smallest absolute Gasteiger partial charge is 0.253 e. The summed E-state index contributed by atoms with van der Waals surface area (Å²) >= 11 is 0. The number of benzene rings is 2. The molecular formula is C22H27N3O4. The normalized spacial score (nSPS) is 14.8. The van der Waals surface area contributed by atoms with Gasteiger partial charge in [0.15, 0.2) is 0 Å². The van der Waals surface area contributed by atoms with Gasteiger partial charge in [-0.15, -0.1) is 0 Å². The Hall–Kier alpha value is -3.06. The van der Waals surface area contributed by atoms with Crippen LogP contribution in [0.3, 0.4) is 0 Å². The molecule has 1 fully saturated rings. The van der Waals surface area contributed by atoms with Crippen LogP contribution in [0.2, 0.25) is 0 Å². The van der Waals surface area contributed by atoms with E-state index in [0.717, 1.165) is 18.4 Å². The van der Waals surface area contributed by atoms with Gasteiger partial charge in [0, 0.05) is 44.1 Å². The second-order valence-corrected chi connectivity index (χ2v) is 7.44. The molecule has 7 nitrogen and oxygen atoms in total. The first-order chi connectivity index (χ1) is 13.9. The van der Waals surface area contributed by atoms with Crippen LogP contribution < -0.4 is 10.5 Å². The molecule has 0 saturated carbocycles. The molecule has 0 aromatic heterocycles. The van der Waals surface area contributed by atoms with Crippen molar-refractivity contribution in [2.75, 3.05) is 26.7 Å². The SMILES string of the molecule is CN(CC(N)=O)Cc1ccc(C(=O)N2CCC(Oc3cccc(O)c3)CC2)cc1. The molecule has 1 saturated heterocycles. The lowest BCUT2D eigenvalue weighted by molar-refractivity contribution is -0.118. The molecule has 1 aliphatic heterocycles. The summed E-state index contributed by atoms with van der Waals surface area (Å²) in [4.78, 5) is 27.4. The average molecular weight is 397 g/mol. The molecule has 1 heterocycles. The summed E-state index contributed by atoms with van der Waals surface area (Å²) in [6.07, 6.45) is 1.53. The Morgan fingerprint density at radius 2 is 1.86 bits per heavy atom. The van der Waals surface area contributed by atoms with Gasteiger partial charge in [0.25, 0.3) is 5.91 Å². The maximum atomic E-state index is 12.8. The summed E-state index contributed by atoms with van der Waals surface area (Å²) in [6, 6.07) is 14.2. The van der Waals surface area contributed by atoms with Gasteiger partial charge in [-0.1, -0.05) is 18.2 Å². The molecule has 3 N–H and O–H groups in total. The average Bonchev–Trinajstić information content (AvgIpc) is 2.68. The number of piperidine rings is 1. The minimum absolute atomic E-state index is 0.0119. The second kappa shape index (κ2) is 9.43. The second-order valence-electron chi connectivity index (χ2n) is 7.44. The van der Waals surface area contributed by atoms with E-state index in [2.05, 4.69) is 0 Å². The van der Waals surface area contributed by atoms with Gasteiger partial charge in [-0.3, -0.25) is 14.5 Å². The third kappa shape index (κ3) is 5.96. The number of amides is 2. The van der Waals surface area contributed by atoms with Crippen molar-refractivity contribution in [2.45, 2.75) is 25.5 Å². The number of phenols is 1. The van der Waals surface area contributed by atoms with Crippen LogP contribution >= 0.6 is 0 Å². The Morgan fingerprint density at radius 3 is 2.48 bits per heavy atom. The van der Waals surface area contributed by atoms with Gasteiger partial charge in [-0.05, 0) is 36.9 Å². The molecule has 2 aromatic rings. The summed E-state index contributed by atoms with van der Waals surface area (Å²) in [5, 5.41) is 9.53. The molecule has 29 heavy (non-hydrogen) atoms. The van der Waals surface area contributed by atoms with E-state index in [1.54, 1.807) is 18.2 Å². The number of primary amides is 1. The zero-order chi connectivity index (χ0) is 20.8. The molecule has 3 rings (SSSR count). The lowest BCUT2D eigenvalue weighted by atomic mass is 10.1. The number of nitrogens with zero attached hydrogens (tertiary/aromatic N) is 2. The molecule has 0 aliphatic carbocycles. The van der Waals surface area contributed by atoms with Gasteiger partial charge in [0.2, 0.25) is 5.91 Å². The first kappa shape index (κ1) is 20.7. The molecule has 0 atom stereocenters. The van der Waals surface area contributed by atoms with Crippen LogP contribution in [0.25, 0.3) is 0 Å². The molecular weight excluding hydrogens is 370 g/mol. The molecule has 0 radical (unpaired) electrons. The number of hydrogen-bond acceptors (Lipinski definition) is 5. The van der Waals surface area contributed by atoms with Crippen molar-refractivity contribution in [2.24, 2.45) is 5.73 Å². The van der Waals surface area contributed by atoms with Crippen molar-refractivity contribution in [1.29, 1.82) is 0 Å². The van der Waals surface area contributed by atoms with Crippen LogP contribution in [0.5, 0.6) is 11.5 Å². The van der Waals surface area contributed by atoms with E-state index in [1.807, 2.05) is 47.2 Å². The summed E-state index contributed by atoms with van der Waals surface area (Å²) in [5.74, 6) is 0.472. The van der Waals surface area contributed by atoms with E-state index >= 15 is 0 Å². The minimum Gasteiger partial charge on any atom is -0.508 e. The molecule has 154 valence electrons. The standard InChI is InChI=1S/C22H27N3O4/c1-24(15-21(23)27)14-16-5-7-17(8-6-16)22(28)25-11-9-19(10-12-25)29-20-4-2-3-18(26)13-20/h2-8,13,19,26H,9-12,14-15H2,1H3,(H2,23,27). The van der Waals surface area contributed by atoms with Crippen LogP contribution in [0.1, 0.15) is 28.8 Å². The Kier molecular flexibility index (Phi) is 6.72. The topological polar surface area (TPSA) is 96.1 Å². The fourth-order valence-corrected chi connectivity index (χ4v) is 3.49. The molecule has 1 aliphatic rings. The first-order valence-corrected chi connectivity index (χ1v) is 9.71. The first-order valence-electron chi connectivity index (χ1n) is 9.71. The van der Waals surface area contributed by atoms with Crippen molar-refractivity contribution in [3.8, 4) is 11.5 Å². The predicted molar refractivity (Wildman–Crippen MR) is 110 cm³/mol. The Labute approximate surface area is 170 Å². The Morgan fingerprint density at radius 1 is 1.17 bits per heavy atom. The van der Waals surface area contributed by atoms with Crippen molar-refractivity contribution in [1.82, 2.24) is 9.80 Å². The van der Waals surface area contributed by atoms with Gasteiger partial charge in [0.1, 0.15) is 17.6 Å². The van der Waals surface area contributed by atoms with Crippen LogP contribution in [0.15, 0.2) is 48.5 Å². The molecule has 2 aromatic carbocycles. The van der Waals surface area contributed by atoms with Crippen molar-refractivity contribution in [3.63, 3.8) is 0 Å². The maximum absolute atomic E-state index is 12.8. The van der Waals surface area contributed by atoms with Gasteiger partial charge in [-0.25, -0.2) is 0 Å². The molecule has 2 amide bonds. The largest absolute Gasteiger partial charge is 0.508 e. The van der Waals surface area contributed by atoms with Crippen LogP contribution in [-0.2, 0) is 11.3 Å². The summed E-state index contributed by atoms with van der Waals surface area (Å²) in [7, 11) is 1.83. The highest BCUT2D eigenvalue weighted by atomic mass is 16.5. The van der Waals surface area contributed by atoms with Gasteiger partial charge in [-0.2, -0.15) is 0 Å². The third-order valence-electron chi connectivity index (χ3n) is 4.93. The Bertz CT molecular complexity index is 845. The summed E-state index contributed by atoms with van der Waals surface area (Å²) in [5.41, 5.74) is 6.87. The van der Waals surface area contributed by atoms with E-state index in [9.17, 15) is 14.7 Å². The quantitative estimate of drug-likeness (QED) is 0.745. The predicted octanol–water partition coefficient (Wildman–Crippen LogP) is 1.99. The number of carbonyl (C=O) groups excluding carboxylic acids is 2. The Balaban J connectivity index is 1.50. The van der Waals surface area contributed by atoms with Crippen LogP contribution in [-0.4, -0.2) is 59.5 Å². The number of nitrogens with two attached hydrogens (primary N) is 1. The third-order valence-corrected chi connectivity index (χ3v) is 4.93. The highest BCUT2D eigenvalue weighted by molar-refractivity contribution is 5.94. The van der Waals surface area contributed by atoms with Gasteiger partial charge in [0.05, 0.1) is 6.54 Å². The van der Waals surface area contributed by atoms with E-state index in [4.69, 9.17) is 10.5 Å². The highest BCUT2D eigenvalue weighted by Crippen LogP contribution is 2.23. The number of rotatable bonds is 7. The fraction of sp³-hybridized carbons (Fsp3) is 0.364. The zero-order valence-corrected chi connectivity index (χ0v) is 16.6. The van der Waals surface area contributed by atoms with Crippen molar-refractivity contribution in [3.05, 3.63) is 59.7 Å². The molecule has 7 heteroatoms. The van der Waals surface area contributed by atoms with E-state index in [-0.39, 0.29) is 30.2 Å². The van der Waals surface area contributed by atoms with E-state index < -0.39 is 0 Å². The molecule has 0 unspecified atom stereocenters. The number of ether oxygens (including phenoxy) is 1. The number of phenolic OH excluding ortho intramolecular Hbond substituents is 1. The number of carbonyl (C=O) groups is 2. The fourth-order valence-electron chi connectivity index (χ4n) is 3.49. The number of likely N-dealkylation sites (tertiary alicyclic amines) is 1. The number of hydrogen-bond donors (Lipinski definition) is 2. The van der Waals surface area contributed by atoms with Gasteiger partial charge >= 0.3 is 0 Å². The van der Waals surface area contributed by atoms with Gasteiger partial charge < -0.3 is 20.5 Å². The van der Waals surface area contributed by atoms with Crippen LogP contribution in [0.4, 0.5) is 0 Å².